The number of rotatable bonds is 2. The summed E-state index contributed by atoms with van der Waals surface area (Å²) < 4.78 is 4.76. The van der Waals surface area contributed by atoms with Gasteiger partial charge in [0, 0.05) is 24.7 Å². The van der Waals surface area contributed by atoms with Gasteiger partial charge in [0.2, 0.25) is 5.91 Å². The number of benzene rings is 1. The molecule has 0 radical (unpaired) electrons. The van der Waals surface area contributed by atoms with E-state index in [0.717, 1.165) is 5.69 Å². The SMILES string of the molecule is COC(=O)[C@@H]1Cc2c(O)cccc2N(C)[C@@H](C(C)C)C(=O)N1. The monoisotopic (exact) mass is 306 g/mol. The number of nitrogens with one attached hydrogen (secondary N) is 1. The number of anilines is 1. The second kappa shape index (κ2) is 6.25. The van der Waals surface area contributed by atoms with Gasteiger partial charge in [-0.2, -0.15) is 0 Å². The van der Waals surface area contributed by atoms with Gasteiger partial charge < -0.3 is 20.1 Å². The molecule has 0 aromatic heterocycles. The number of amides is 1. The van der Waals surface area contributed by atoms with E-state index in [-0.39, 0.29) is 24.0 Å². The lowest BCUT2D eigenvalue weighted by molar-refractivity contribution is -0.145. The molecule has 0 unspecified atom stereocenters. The molecule has 6 heteroatoms. The number of nitrogens with zero attached hydrogens (tertiary/aromatic N) is 1. The third-order valence-electron chi connectivity index (χ3n) is 4.03. The quantitative estimate of drug-likeness (QED) is 0.799. The van der Waals surface area contributed by atoms with Crippen LogP contribution in [0.3, 0.4) is 0 Å². The number of methoxy groups -OCH3 is 1. The molecule has 0 saturated carbocycles. The van der Waals surface area contributed by atoms with Gasteiger partial charge in [-0.15, -0.1) is 0 Å². The molecule has 1 aromatic rings. The van der Waals surface area contributed by atoms with E-state index >= 15 is 0 Å². The fraction of sp³-hybridized carbons (Fsp3) is 0.500. The third kappa shape index (κ3) is 2.86. The third-order valence-corrected chi connectivity index (χ3v) is 4.03. The molecule has 1 aromatic carbocycles. The number of carbonyl (C=O) groups is 2. The first-order valence-corrected chi connectivity index (χ1v) is 7.28. The Morgan fingerprint density at radius 3 is 2.73 bits per heavy atom. The Morgan fingerprint density at radius 1 is 1.45 bits per heavy atom. The van der Waals surface area contributed by atoms with Gasteiger partial charge in [0.15, 0.2) is 0 Å². The second-order valence-electron chi connectivity index (χ2n) is 5.86. The summed E-state index contributed by atoms with van der Waals surface area (Å²) in [6.45, 7) is 3.88. The Bertz CT molecular complexity index is 586. The first kappa shape index (κ1) is 16.1. The van der Waals surface area contributed by atoms with Crippen LogP contribution in [0.25, 0.3) is 0 Å². The van der Waals surface area contributed by atoms with E-state index in [0.29, 0.717) is 5.56 Å². The van der Waals surface area contributed by atoms with E-state index in [9.17, 15) is 14.7 Å². The first-order chi connectivity index (χ1) is 10.4. The van der Waals surface area contributed by atoms with Gasteiger partial charge in [-0.1, -0.05) is 19.9 Å². The van der Waals surface area contributed by atoms with Gasteiger partial charge in [0.25, 0.3) is 0 Å². The highest BCUT2D eigenvalue weighted by molar-refractivity contribution is 5.91. The van der Waals surface area contributed by atoms with E-state index in [2.05, 4.69) is 5.32 Å². The number of aromatic hydroxyl groups is 1. The number of likely N-dealkylation sites (N-methyl/N-ethyl adjacent to an activating group) is 1. The topological polar surface area (TPSA) is 78.9 Å². The van der Waals surface area contributed by atoms with Crippen LogP contribution in [0, 0.1) is 5.92 Å². The lowest BCUT2D eigenvalue weighted by Crippen LogP contribution is -2.55. The lowest BCUT2D eigenvalue weighted by Gasteiger charge is -2.36. The van der Waals surface area contributed by atoms with Crippen molar-refractivity contribution in [3.63, 3.8) is 0 Å². The summed E-state index contributed by atoms with van der Waals surface area (Å²) in [5, 5.41) is 12.9. The molecule has 22 heavy (non-hydrogen) atoms. The van der Waals surface area contributed by atoms with Gasteiger partial charge in [-0.3, -0.25) is 4.79 Å². The summed E-state index contributed by atoms with van der Waals surface area (Å²) >= 11 is 0. The van der Waals surface area contributed by atoms with Crippen molar-refractivity contribution < 1.29 is 19.4 Å². The Hall–Kier alpha value is -2.24. The largest absolute Gasteiger partial charge is 0.508 e. The summed E-state index contributed by atoms with van der Waals surface area (Å²) in [6.07, 6.45) is 0.190. The maximum atomic E-state index is 12.5. The smallest absolute Gasteiger partial charge is 0.328 e. The van der Waals surface area contributed by atoms with Crippen LogP contribution in [0.2, 0.25) is 0 Å². The van der Waals surface area contributed by atoms with Crippen molar-refractivity contribution in [3.05, 3.63) is 23.8 Å². The summed E-state index contributed by atoms with van der Waals surface area (Å²) in [5.41, 5.74) is 1.38. The van der Waals surface area contributed by atoms with Crippen molar-refractivity contribution in [2.24, 2.45) is 5.92 Å². The molecule has 0 fully saturated rings. The molecule has 2 rings (SSSR count). The van der Waals surface area contributed by atoms with E-state index in [1.54, 1.807) is 12.1 Å². The van der Waals surface area contributed by atoms with Gasteiger partial charge >= 0.3 is 5.97 Å². The molecule has 1 heterocycles. The van der Waals surface area contributed by atoms with Crippen LogP contribution in [0.15, 0.2) is 18.2 Å². The Morgan fingerprint density at radius 2 is 2.14 bits per heavy atom. The molecule has 2 N–H and O–H groups in total. The fourth-order valence-electron chi connectivity index (χ4n) is 2.97. The minimum absolute atomic E-state index is 0.0385. The van der Waals surface area contributed by atoms with Crippen LogP contribution in [0.4, 0.5) is 5.69 Å². The molecule has 0 saturated heterocycles. The van der Waals surface area contributed by atoms with Crippen LogP contribution >= 0.6 is 0 Å². The summed E-state index contributed by atoms with van der Waals surface area (Å²) in [5.74, 6) is -0.593. The average Bonchev–Trinajstić information content (AvgIpc) is 2.45. The summed E-state index contributed by atoms with van der Waals surface area (Å²) in [6, 6.07) is 3.91. The average molecular weight is 306 g/mol. The minimum atomic E-state index is -0.806. The number of hydrogen-bond donors (Lipinski definition) is 2. The first-order valence-electron chi connectivity index (χ1n) is 7.28. The van der Waals surface area contributed by atoms with E-state index in [4.69, 9.17) is 4.74 Å². The van der Waals surface area contributed by atoms with Gasteiger partial charge in [-0.25, -0.2) is 4.79 Å². The lowest BCUT2D eigenvalue weighted by atomic mass is 9.94. The Balaban J connectivity index is 2.55. The maximum absolute atomic E-state index is 12.5. The highest BCUT2D eigenvalue weighted by Crippen LogP contribution is 2.33. The van der Waals surface area contributed by atoms with Crippen molar-refractivity contribution in [1.82, 2.24) is 5.32 Å². The van der Waals surface area contributed by atoms with Crippen LogP contribution < -0.4 is 10.2 Å². The highest BCUT2D eigenvalue weighted by atomic mass is 16.5. The Kier molecular flexibility index (Phi) is 4.59. The van der Waals surface area contributed by atoms with Gasteiger partial charge in [0.1, 0.15) is 17.8 Å². The van der Waals surface area contributed by atoms with Crippen LogP contribution in [0.5, 0.6) is 5.75 Å². The molecule has 0 aliphatic carbocycles. The van der Waals surface area contributed by atoms with Crippen LogP contribution in [-0.4, -0.2) is 43.2 Å². The molecule has 2 atom stereocenters. The van der Waals surface area contributed by atoms with Gasteiger partial charge in [0.05, 0.1) is 7.11 Å². The number of ether oxygens (including phenoxy) is 1. The van der Waals surface area contributed by atoms with Crippen molar-refractivity contribution in [2.45, 2.75) is 32.4 Å². The van der Waals surface area contributed by atoms with E-state index in [1.807, 2.05) is 31.9 Å². The molecular weight excluding hydrogens is 284 g/mol. The predicted octanol–water partition coefficient (Wildman–Crippen LogP) is 1.07. The van der Waals surface area contributed by atoms with Crippen molar-refractivity contribution in [3.8, 4) is 5.75 Å². The minimum Gasteiger partial charge on any atom is -0.508 e. The zero-order valence-corrected chi connectivity index (χ0v) is 13.3. The number of esters is 1. The summed E-state index contributed by atoms with van der Waals surface area (Å²) in [4.78, 5) is 26.3. The zero-order chi connectivity index (χ0) is 16.4. The van der Waals surface area contributed by atoms with Gasteiger partial charge in [-0.05, 0) is 18.1 Å². The Labute approximate surface area is 130 Å². The molecule has 0 spiro atoms. The standard InChI is InChI=1S/C16H22N2O4/c1-9(2)14-15(20)17-11(16(21)22-4)8-10-12(18(14)3)6-5-7-13(10)19/h5-7,9,11,14,19H,8H2,1-4H3,(H,17,20)/t11-,14-/m0/s1. The maximum Gasteiger partial charge on any atom is 0.328 e. The second-order valence-corrected chi connectivity index (χ2v) is 5.86. The molecule has 1 amide bonds. The molecule has 6 nitrogen and oxygen atoms in total. The molecular formula is C16H22N2O4. The number of carbonyl (C=O) groups excluding carboxylic acids is 2. The number of fused-ring (bicyclic) bond motifs is 1. The zero-order valence-electron chi connectivity index (χ0n) is 13.3. The number of phenols is 1. The molecule has 1 aliphatic rings. The van der Waals surface area contributed by atoms with Crippen LogP contribution in [0.1, 0.15) is 19.4 Å². The predicted molar refractivity (Wildman–Crippen MR) is 82.8 cm³/mol. The van der Waals surface area contributed by atoms with Crippen LogP contribution in [-0.2, 0) is 20.7 Å². The molecule has 1 aliphatic heterocycles. The summed E-state index contributed by atoms with van der Waals surface area (Å²) in [7, 11) is 3.10. The van der Waals surface area contributed by atoms with E-state index in [1.165, 1.54) is 7.11 Å². The number of hydrogen-bond acceptors (Lipinski definition) is 5. The van der Waals surface area contributed by atoms with Crippen molar-refractivity contribution in [2.75, 3.05) is 19.1 Å². The molecule has 120 valence electrons. The van der Waals surface area contributed by atoms with Crippen molar-refractivity contribution in [1.29, 1.82) is 0 Å². The molecule has 0 bridgehead atoms. The van der Waals surface area contributed by atoms with Crippen molar-refractivity contribution >= 4 is 17.6 Å². The van der Waals surface area contributed by atoms with E-state index < -0.39 is 18.1 Å². The highest BCUT2D eigenvalue weighted by Gasteiger charge is 2.35. The number of phenolic OH excluding ortho intramolecular Hbond substituents is 1. The fourth-order valence-corrected chi connectivity index (χ4v) is 2.97. The normalized spacial score (nSPS) is 21.7.